The molecule has 0 aliphatic carbocycles. The topological polar surface area (TPSA) is 70.2 Å². The number of rotatable bonds is 6. The maximum atomic E-state index is 9.45. The smallest absolute Gasteiger partial charge is 0.134 e. The molecule has 130 valence electrons. The van der Waals surface area contributed by atoms with Crippen molar-refractivity contribution in [3.63, 3.8) is 0 Å². The molecule has 0 bridgehead atoms. The molecular weight excluding hydrogens is 306 g/mol. The average Bonchev–Trinajstić information content (AvgIpc) is 2.99. The van der Waals surface area contributed by atoms with Gasteiger partial charge in [-0.25, -0.2) is 0 Å². The molecule has 1 aromatic carbocycles. The lowest BCUT2D eigenvalue weighted by Gasteiger charge is -2.25. The molecule has 1 aromatic heterocycles. The van der Waals surface area contributed by atoms with Crippen LogP contribution in [0.3, 0.4) is 0 Å². The summed E-state index contributed by atoms with van der Waals surface area (Å²) in [5.41, 5.74) is 4.24. The number of aliphatic imine (C=N–C) groups is 1. The van der Waals surface area contributed by atoms with Crippen molar-refractivity contribution in [3.05, 3.63) is 35.6 Å². The number of para-hydroxylation sites is 1. The van der Waals surface area contributed by atoms with E-state index in [4.69, 9.17) is 9.15 Å². The van der Waals surface area contributed by atoms with Gasteiger partial charge in [-0.2, -0.15) is 0 Å². The number of fused-ring (bicyclic) bond motifs is 1. The molecule has 0 spiro atoms. The predicted octanol–water partition coefficient (Wildman–Crippen LogP) is 2.25. The Morgan fingerprint density at radius 3 is 2.83 bits per heavy atom. The van der Waals surface area contributed by atoms with Crippen LogP contribution in [0.1, 0.15) is 18.2 Å². The standard InChI is InChI=1S/C18H25N3O3/c1-2-16-15(14-5-3-4-6-17(14)24-16)13-18(20-22)19-7-8-21-9-11-23-12-10-21/h3-6,22H,2,7-13H2,1H3,(H,19,20). The first kappa shape index (κ1) is 17.0. The van der Waals surface area contributed by atoms with Gasteiger partial charge >= 0.3 is 0 Å². The zero-order valence-corrected chi connectivity index (χ0v) is 14.1. The monoisotopic (exact) mass is 331 g/mol. The number of nitrogens with one attached hydrogen (secondary N) is 1. The van der Waals surface area contributed by atoms with Crippen molar-refractivity contribution in [2.45, 2.75) is 19.8 Å². The van der Waals surface area contributed by atoms with E-state index in [9.17, 15) is 5.21 Å². The summed E-state index contributed by atoms with van der Waals surface area (Å²) in [6.45, 7) is 7.07. The number of amidine groups is 1. The molecule has 0 radical (unpaired) electrons. The third-order valence-corrected chi connectivity index (χ3v) is 4.40. The van der Waals surface area contributed by atoms with E-state index in [1.165, 1.54) is 0 Å². The molecule has 6 nitrogen and oxygen atoms in total. The Hall–Kier alpha value is -1.89. The van der Waals surface area contributed by atoms with Gasteiger partial charge in [-0.3, -0.25) is 20.6 Å². The van der Waals surface area contributed by atoms with Gasteiger partial charge in [-0.1, -0.05) is 25.1 Å². The van der Waals surface area contributed by atoms with Crippen molar-refractivity contribution in [2.75, 3.05) is 39.4 Å². The van der Waals surface area contributed by atoms with Crippen molar-refractivity contribution in [2.24, 2.45) is 4.99 Å². The van der Waals surface area contributed by atoms with Crippen LogP contribution in [0.15, 0.2) is 33.7 Å². The quantitative estimate of drug-likeness (QED) is 0.483. The number of morpholine rings is 1. The van der Waals surface area contributed by atoms with Crippen LogP contribution < -0.4 is 5.48 Å². The van der Waals surface area contributed by atoms with E-state index in [0.717, 1.165) is 61.6 Å². The molecule has 1 aliphatic rings. The summed E-state index contributed by atoms with van der Waals surface area (Å²) in [5.74, 6) is 1.52. The summed E-state index contributed by atoms with van der Waals surface area (Å²) in [6.07, 6.45) is 1.36. The van der Waals surface area contributed by atoms with Gasteiger partial charge in [0.05, 0.1) is 19.8 Å². The van der Waals surface area contributed by atoms with Gasteiger partial charge in [0, 0.05) is 43.4 Å². The highest BCUT2D eigenvalue weighted by molar-refractivity contribution is 5.90. The number of benzene rings is 1. The normalized spacial score (nSPS) is 16.7. The molecule has 1 aliphatic heterocycles. The maximum Gasteiger partial charge on any atom is 0.134 e. The number of hydrogen-bond acceptors (Lipinski definition) is 5. The molecule has 0 atom stereocenters. The van der Waals surface area contributed by atoms with Crippen LogP contribution in [0, 0.1) is 0 Å². The Morgan fingerprint density at radius 2 is 2.08 bits per heavy atom. The van der Waals surface area contributed by atoms with Crippen molar-refractivity contribution >= 4 is 16.8 Å². The summed E-state index contributed by atoms with van der Waals surface area (Å²) in [6, 6.07) is 7.99. The Bertz CT molecular complexity index is 690. The van der Waals surface area contributed by atoms with Crippen molar-refractivity contribution in [1.82, 2.24) is 10.4 Å². The fourth-order valence-corrected chi connectivity index (χ4v) is 3.08. The van der Waals surface area contributed by atoms with E-state index in [1.807, 2.05) is 18.2 Å². The van der Waals surface area contributed by atoms with Crippen LogP contribution in [-0.2, 0) is 17.6 Å². The number of ether oxygens (including phenoxy) is 1. The minimum Gasteiger partial charge on any atom is -0.461 e. The third-order valence-electron chi connectivity index (χ3n) is 4.40. The SMILES string of the molecule is CCc1oc2ccccc2c1CC(=NCCN1CCOCC1)NO. The molecule has 2 aromatic rings. The van der Waals surface area contributed by atoms with Crippen molar-refractivity contribution < 1.29 is 14.4 Å². The third kappa shape index (κ3) is 3.95. The lowest BCUT2D eigenvalue weighted by Crippen LogP contribution is -2.38. The molecular formula is C18H25N3O3. The highest BCUT2D eigenvalue weighted by Crippen LogP contribution is 2.26. The molecule has 0 unspecified atom stereocenters. The van der Waals surface area contributed by atoms with E-state index < -0.39 is 0 Å². The second-order valence-electron chi connectivity index (χ2n) is 5.92. The number of aryl methyl sites for hydroxylation is 1. The summed E-state index contributed by atoms with van der Waals surface area (Å²) in [4.78, 5) is 6.85. The Morgan fingerprint density at radius 1 is 1.29 bits per heavy atom. The molecule has 1 saturated heterocycles. The first-order valence-corrected chi connectivity index (χ1v) is 8.54. The highest BCUT2D eigenvalue weighted by atomic mass is 16.5. The second-order valence-corrected chi connectivity index (χ2v) is 5.92. The van der Waals surface area contributed by atoms with Crippen LogP contribution in [0.5, 0.6) is 0 Å². The molecule has 24 heavy (non-hydrogen) atoms. The molecule has 3 rings (SSSR count). The van der Waals surface area contributed by atoms with Gasteiger partial charge in [-0.05, 0) is 6.07 Å². The van der Waals surface area contributed by atoms with Gasteiger partial charge < -0.3 is 9.15 Å². The lowest BCUT2D eigenvalue weighted by atomic mass is 10.1. The largest absolute Gasteiger partial charge is 0.461 e. The fraction of sp³-hybridized carbons (Fsp3) is 0.500. The molecule has 1 fully saturated rings. The van der Waals surface area contributed by atoms with Gasteiger partial charge in [0.1, 0.15) is 17.2 Å². The van der Waals surface area contributed by atoms with Crippen LogP contribution in [0.25, 0.3) is 11.0 Å². The Labute approximate surface area is 142 Å². The van der Waals surface area contributed by atoms with Crippen LogP contribution >= 0.6 is 0 Å². The van der Waals surface area contributed by atoms with E-state index in [0.29, 0.717) is 18.8 Å². The Kier molecular flexibility index (Phi) is 5.85. The van der Waals surface area contributed by atoms with Gasteiger partial charge in [0.25, 0.3) is 0 Å². The van der Waals surface area contributed by atoms with Gasteiger partial charge in [0.15, 0.2) is 0 Å². The predicted molar refractivity (Wildman–Crippen MR) is 93.8 cm³/mol. The summed E-state index contributed by atoms with van der Waals surface area (Å²) in [7, 11) is 0. The zero-order valence-electron chi connectivity index (χ0n) is 14.1. The highest BCUT2D eigenvalue weighted by Gasteiger charge is 2.15. The van der Waals surface area contributed by atoms with Crippen LogP contribution in [0.2, 0.25) is 0 Å². The minimum atomic E-state index is 0.541. The van der Waals surface area contributed by atoms with Crippen molar-refractivity contribution in [1.29, 1.82) is 0 Å². The summed E-state index contributed by atoms with van der Waals surface area (Å²) >= 11 is 0. The number of hydrogen-bond donors (Lipinski definition) is 2. The molecule has 6 heteroatoms. The average molecular weight is 331 g/mol. The molecule has 2 N–H and O–H groups in total. The minimum absolute atomic E-state index is 0.541. The summed E-state index contributed by atoms with van der Waals surface area (Å²) < 4.78 is 11.3. The first-order chi connectivity index (χ1) is 11.8. The molecule has 2 heterocycles. The van der Waals surface area contributed by atoms with E-state index in [1.54, 1.807) is 0 Å². The van der Waals surface area contributed by atoms with Gasteiger partial charge in [-0.15, -0.1) is 0 Å². The molecule has 0 amide bonds. The number of hydroxylamine groups is 1. The lowest BCUT2D eigenvalue weighted by molar-refractivity contribution is 0.0394. The van der Waals surface area contributed by atoms with E-state index in [-0.39, 0.29) is 0 Å². The van der Waals surface area contributed by atoms with Crippen molar-refractivity contribution in [3.8, 4) is 0 Å². The van der Waals surface area contributed by atoms with Crippen LogP contribution in [-0.4, -0.2) is 55.3 Å². The zero-order chi connectivity index (χ0) is 16.8. The van der Waals surface area contributed by atoms with E-state index >= 15 is 0 Å². The second kappa shape index (κ2) is 8.28. The number of nitrogens with zero attached hydrogens (tertiary/aromatic N) is 2. The fourth-order valence-electron chi connectivity index (χ4n) is 3.08. The Balaban J connectivity index is 1.69. The van der Waals surface area contributed by atoms with Gasteiger partial charge in [0.2, 0.25) is 0 Å². The van der Waals surface area contributed by atoms with Crippen LogP contribution in [0.4, 0.5) is 0 Å². The summed E-state index contributed by atoms with van der Waals surface area (Å²) in [5, 5.41) is 10.5. The maximum absolute atomic E-state index is 9.45. The molecule has 0 saturated carbocycles. The number of furan rings is 1. The first-order valence-electron chi connectivity index (χ1n) is 8.54. The van der Waals surface area contributed by atoms with E-state index in [2.05, 4.69) is 28.4 Å².